The van der Waals surface area contributed by atoms with Crippen LogP contribution in [0.4, 0.5) is 18.9 Å². The summed E-state index contributed by atoms with van der Waals surface area (Å²) in [4.78, 5) is 26.0. The Morgan fingerprint density at radius 2 is 1.78 bits per heavy atom. The minimum atomic E-state index is -3.82. The largest absolute Gasteiger partial charge is 0.399 e. The summed E-state index contributed by atoms with van der Waals surface area (Å²) in [7, 11) is -3.82. The topological polar surface area (TPSA) is 162 Å². The van der Waals surface area contributed by atoms with Gasteiger partial charge in [0.1, 0.15) is 17.4 Å². The van der Waals surface area contributed by atoms with Crippen molar-refractivity contribution in [3.63, 3.8) is 0 Å². The molecule has 10 nitrogen and oxygen atoms in total. The van der Waals surface area contributed by atoms with E-state index in [1.807, 2.05) is 0 Å². The van der Waals surface area contributed by atoms with E-state index in [1.54, 1.807) is 20.8 Å². The standard InChI is InChI=1S/C23H27F3N6O4S/c1-23(2,3)20(22(34)29-8-9-37(28,35)36)30-21(33)18-14-6-7-15(24)17(26)19(14)32(31-18)11-12-4-5-13(27)10-16(12)25/h4-7,10,20H,8-9,11,27H2,1-3H3,(H,29,34)(H,30,33)(H2,28,35,36). The van der Waals surface area contributed by atoms with E-state index in [1.165, 1.54) is 12.1 Å². The van der Waals surface area contributed by atoms with Crippen LogP contribution in [0.15, 0.2) is 30.3 Å². The van der Waals surface area contributed by atoms with E-state index >= 15 is 0 Å². The molecule has 1 aromatic heterocycles. The van der Waals surface area contributed by atoms with E-state index in [2.05, 4.69) is 15.7 Å². The summed E-state index contributed by atoms with van der Waals surface area (Å²) in [5, 5.41) is 13.9. The molecule has 0 aliphatic carbocycles. The van der Waals surface area contributed by atoms with Crippen LogP contribution < -0.4 is 21.5 Å². The molecule has 2 amide bonds. The van der Waals surface area contributed by atoms with Gasteiger partial charge in [-0.05, 0) is 29.7 Å². The fourth-order valence-corrected chi connectivity index (χ4v) is 4.02. The molecule has 1 atom stereocenters. The molecule has 0 aliphatic rings. The zero-order valence-electron chi connectivity index (χ0n) is 20.3. The van der Waals surface area contributed by atoms with Crippen molar-refractivity contribution >= 4 is 38.4 Å². The van der Waals surface area contributed by atoms with Gasteiger partial charge in [-0.2, -0.15) is 5.10 Å². The van der Waals surface area contributed by atoms with Gasteiger partial charge in [0.05, 0.1) is 12.3 Å². The van der Waals surface area contributed by atoms with E-state index in [9.17, 15) is 31.2 Å². The Hall–Kier alpha value is -3.65. The number of hydrogen-bond donors (Lipinski definition) is 4. The molecule has 1 heterocycles. The first kappa shape index (κ1) is 27.9. The van der Waals surface area contributed by atoms with Crippen molar-refractivity contribution in [2.75, 3.05) is 18.0 Å². The van der Waals surface area contributed by atoms with Crippen LogP contribution in [-0.2, 0) is 21.4 Å². The first-order valence-corrected chi connectivity index (χ1v) is 12.8. The number of carbonyl (C=O) groups excluding carboxylic acids is 2. The fraction of sp³-hybridized carbons (Fsp3) is 0.348. The predicted octanol–water partition coefficient (Wildman–Crippen LogP) is 1.63. The van der Waals surface area contributed by atoms with E-state index in [0.717, 1.165) is 22.9 Å². The number of nitrogens with two attached hydrogens (primary N) is 2. The molecule has 37 heavy (non-hydrogen) atoms. The van der Waals surface area contributed by atoms with E-state index in [0.29, 0.717) is 0 Å². The number of hydrogen-bond acceptors (Lipinski definition) is 6. The van der Waals surface area contributed by atoms with Crippen molar-refractivity contribution in [2.45, 2.75) is 33.4 Å². The lowest BCUT2D eigenvalue weighted by molar-refractivity contribution is -0.125. The number of rotatable bonds is 8. The number of carbonyl (C=O) groups is 2. The Kier molecular flexibility index (Phi) is 7.83. The summed E-state index contributed by atoms with van der Waals surface area (Å²) in [6.07, 6.45) is 0. The summed E-state index contributed by atoms with van der Waals surface area (Å²) in [5.74, 6) is -5.25. The highest BCUT2D eigenvalue weighted by Gasteiger charge is 2.34. The lowest BCUT2D eigenvalue weighted by Gasteiger charge is -2.30. The van der Waals surface area contributed by atoms with Crippen LogP contribution in [0.2, 0.25) is 0 Å². The number of halogens is 3. The third-order valence-corrected chi connectivity index (χ3v) is 6.28. The van der Waals surface area contributed by atoms with E-state index in [-0.39, 0.29) is 40.9 Å². The lowest BCUT2D eigenvalue weighted by Crippen LogP contribution is -2.54. The zero-order chi connectivity index (χ0) is 27.7. The van der Waals surface area contributed by atoms with E-state index < -0.39 is 56.5 Å². The highest BCUT2D eigenvalue weighted by molar-refractivity contribution is 7.89. The van der Waals surface area contributed by atoms with Gasteiger partial charge >= 0.3 is 0 Å². The maximum Gasteiger partial charge on any atom is 0.273 e. The number of nitrogens with one attached hydrogen (secondary N) is 2. The number of aromatic nitrogens is 2. The minimum Gasteiger partial charge on any atom is -0.399 e. The van der Waals surface area contributed by atoms with Crippen LogP contribution in [0, 0.1) is 22.9 Å². The Bertz CT molecular complexity index is 1470. The second-order valence-electron chi connectivity index (χ2n) is 9.55. The molecule has 0 fully saturated rings. The Morgan fingerprint density at radius 3 is 2.38 bits per heavy atom. The maximum atomic E-state index is 14.8. The minimum absolute atomic E-state index is 0.0606. The first-order chi connectivity index (χ1) is 17.1. The van der Waals surface area contributed by atoms with Crippen LogP contribution in [0.1, 0.15) is 36.8 Å². The van der Waals surface area contributed by atoms with Crippen LogP contribution in [0.25, 0.3) is 10.9 Å². The second kappa shape index (κ2) is 10.4. The first-order valence-electron chi connectivity index (χ1n) is 11.1. The van der Waals surface area contributed by atoms with Gasteiger partial charge in [-0.1, -0.05) is 26.8 Å². The predicted molar refractivity (Wildman–Crippen MR) is 131 cm³/mol. The SMILES string of the molecule is CC(C)(C)C(NC(=O)c1nn(Cc2ccc(N)cc2F)c2c(F)c(F)ccc12)C(=O)NCCS(N)(=O)=O. The van der Waals surface area contributed by atoms with Crippen LogP contribution >= 0.6 is 0 Å². The summed E-state index contributed by atoms with van der Waals surface area (Å²) < 4.78 is 66.5. The van der Waals surface area contributed by atoms with Gasteiger partial charge in [-0.3, -0.25) is 14.3 Å². The van der Waals surface area contributed by atoms with Crippen molar-refractivity contribution in [2.24, 2.45) is 10.6 Å². The molecule has 0 aliphatic heterocycles. The van der Waals surface area contributed by atoms with Gasteiger partial charge in [0, 0.05) is 23.2 Å². The van der Waals surface area contributed by atoms with Gasteiger partial charge in [-0.15, -0.1) is 0 Å². The summed E-state index contributed by atoms with van der Waals surface area (Å²) >= 11 is 0. The molecule has 200 valence electrons. The number of sulfonamides is 1. The smallest absolute Gasteiger partial charge is 0.273 e. The highest BCUT2D eigenvalue weighted by Crippen LogP contribution is 2.26. The molecule has 6 N–H and O–H groups in total. The van der Waals surface area contributed by atoms with Gasteiger partial charge in [0.15, 0.2) is 17.3 Å². The van der Waals surface area contributed by atoms with Crippen molar-refractivity contribution in [3.05, 3.63) is 59.0 Å². The molecule has 14 heteroatoms. The molecular formula is C23H27F3N6O4S. The normalized spacial score (nSPS) is 12.9. The second-order valence-corrected chi connectivity index (χ2v) is 11.3. The van der Waals surface area contributed by atoms with Crippen molar-refractivity contribution in [1.29, 1.82) is 0 Å². The molecule has 3 rings (SSSR count). The fourth-order valence-electron chi connectivity index (χ4n) is 3.64. The van der Waals surface area contributed by atoms with Gasteiger partial charge in [0.2, 0.25) is 15.9 Å². The van der Waals surface area contributed by atoms with Gasteiger partial charge < -0.3 is 16.4 Å². The highest BCUT2D eigenvalue weighted by atomic mass is 32.2. The number of anilines is 1. The lowest BCUT2D eigenvalue weighted by atomic mass is 9.86. The molecule has 0 radical (unpaired) electrons. The Balaban J connectivity index is 1.97. The summed E-state index contributed by atoms with van der Waals surface area (Å²) in [5.41, 5.74) is 4.26. The van der Waals surface area contributed by atoms with Crippen LogP contribution in [0.5, 0.6) is 0 Å². The number of nitrogen functional groups attached to an aromatic ring is 1. The summed E-state index contributed by atoms with van der Waals surface area (Å²) in [6.45, 7) is 4.36. The zero-order valence-corrected chi connectivity index (χ0v) is 21.1. The summed E-state index contributed by atoms with van der Waals surface area (Å²) in [6, 6.07) is 4.66. The van der Waals surface area contributed by atoms with Gasteiger partial charge in [0.25, 0.3) is 5.91 Å². The number of fused-ring (bicyclic) bond motifs is 1. The quantitative estimate of drug-likeness (QED) is 0.318. The number of nitrogens with zero attached hydrogens (tertiary/aromatic N) is 2. The van der Waals surface area contributed by atoms with Crippen molar-refractivity contribution in [3.8, 4) is 0 Å². The average Bonchev–Trinajstić information content (AvgIpc) is 3.13. The Morgan fingerprint density at radius 1 is 1.11 bits per heavy atom. The maximum absolute atomic E-state index is 14.8. The molecule has 0 saturated heterocycles. The van der Waals surface area contributed by atoms with Crippen molar-refractivity contribution in [1.82, 2.24) is 20.4 Å². The monoisotopic (exact) mass is 540 g/mol. The number of primary sulfonamides is 1. The molecule has 0 spiro atoms. The van der Waals surface area contributed by atoms with E-state index in [4.69, 9.17) is 10.9 Å². The van der Waals surface area contributed by atoms with Crippen LogP contribution in [0.3, 0.4) is 0 Å². The van der Waals surface area contributed by atoms with Gasteiger partial charge in [-0.25, -0.2) is 26.7 Å². The molecule has 0 bridgehead atoms. The number of benzene rings is 2. The molecule has 0 saturated carbocycles. The number of amides is 2. The molecular weight excluding hydrogens is 513 g/mol. The molecule has 2 aromatic carbocycles. The molecule has 1 unspecified atom stereocenters. The average molecular weight is 541 g/mol. The Labute approximate surface area is 211 Å². The van der Waals surface area contributed by atoms with Crippen molar-refractivity contribution < 1.29 is 31.2 Å². The van der Waals surface area contributed by atoms with Crippen LogP contribution in [-0.4, -0.2) is 48.4 Å². The third-order valence-electron chi connectivity index (χ3n) is 5.50. The molecule has 3 aromatic rings. The third kappa shape index (κ3) is 6.57.